The van der Waals surface area contributed by atoms with Crippen molar-refractivity contribution >= 4 is 8.32 Å². The Kier molecular flexibility index (Phi) is 9.15. The van der Waals surface area contributed by atoms with Gasteiger partial charge in [-0.25, -0.2) is 0 Å². The fourth-order valence-corrected chi connectivity index (χ4v) is 6.48. The molecular weight excluding hydrogens is 444 g/mol. The normalized spacial score (nSPS) is 14.3. The molecule has 2 aromatic rings. The molecule has 0 saturated carbocycles. The van der Waals surface area contributed by atoms with Gasteiger partial charge in [0.15, 0.2) is 8.32 Å². The number of aromatic hydroxyl groups is 1. The minimum Gasteiger partial charge on any atom is -0.508 e. The molecule has 196 valence electrons. The fraction of sp³-hybridized carbons (Fsp3) is 0.625. The van der Waals surface area contributed by atoms with Crippen molar-refractivity contribution in [2.75, 3.05) is 0 Å². The third-order valence-electron chi connectivity index (χ3n) is 8.74. The van der Waals surface area contributed by atoms with E-state index < -0.39 is 8.32 Å². The Balaban J connectivity index is 2.34. The second-order valence-corrected chi connectivity index (χ2v) is 18.0. The molecule has 0 aromatic heterocycles. The molecule has 0 fully saturated rings. The summed E-state index contributed by atoms with van der Waals surface area (Å²) in [6, 6.07) is 13.2. The molecule has 35 heavy (non-hydrogen) atoms. The summed E-state index contributed by atoms with van der Waals surface area (Å²) in [7, 11) is -1.84. The highest BCUT2D eigenvalue weighted by atomic mass is 28.4. The van der Waals surface area contributed by atoms with Crippen molar-refractivity contribution in [1.29, 1.82) is 0 Å². The molecule has 2 aromatic carbocycles. The first kappa shape index (κ1) is 29.6. The number of phenols is 1. The largest absolute Gasteiger partial charge is 0.508 e. The zero-order valence-corrected chi connectivity index (χ0v) is 25.7. The van der Waals surface area contributed by atoms with Crippen molar-refractivity contribution in [3.63, 3.8) is 0 Å². The zero-order valence-electron chi connectivity index (χ0n) is 24.7. The summed E-state index contributed by atoms with van der Waals surface area (Å²) in [6.45, 7) is 27.5. The molecule has 0 aliphatic heterocycles. The standard InChI is InChI=1S/C32H52O2Si/c1-13-32(14-2,27-18-19-28(33)24(4)22-27)26-17-15-25(23(3)21-26)16-20-29(30(5,6)7)34-35(11,12)31(8,9)10/h15,17-19,21-22,29,33H,13-14,16,20H2,1-12H3. The molecule has 0 spiro atoms. The van der Waals surface area contributed by atoms with Crippen LogP contribution < -0.4 is 0 Å². The van der Waals surface area contributed by atoms with Gasteiger partial charge in [0.25, 0.3) is 0 Å². The quantitative estimate of drug-likeness (QED) is 0.350. The first-order valence-corrected chi connectivity index (χ1v) is 16.5. The van der Waals surface area contributed by atoms with Crippen LogP contribution in [0.4, 0.5) is 0 Å². The van der Waals surface area contributed by atoms with Crippen molar-refractivity contribution in [1.82, 2.24) is 0 Å². The third-order valence-corrected chi connectivity index (χ3v) is 13.2. The van der Waals surface area contributed by atoms with E-state index in [1.54, 1.807) is 0 Å². The Labute approximate surface area is 217 Å². The fourth-order valence-electron chi connectivity index (χ4n) is 4.95. The summed E-state index contributed by atoms with van der Waals surface area (Å²) < 4.78 is 6.94. The van der Waals surface area contributed by atoms with Gasteiger partial charge in [-0.1, -0.05) is 85.7 Å². The summed E-state index contributed by atoms with van der Waals surface area (Å²) in [6.07, 6.45) is 4.37. The van der Waals surface area contributed by atoms with Gasteiger partial charge in [0.1, 0.15) is 5.75 Å². The molecule has 2 rings (SSSR count). The summed E-state index contributed by atoms with van der Waals surface area (Å²) in [5.74, 6) is 0.370. The van der Waals surface area contributed by atoms with Crippen LogP contribution in [0.25, 0.3) is 0 Å². The maximum atomic E-state index is 10.1. The van der Waals surface area contributed by atoms with Crippen molar-refractivity contribution < 1.29 is 9.53 Å². The van der Waals surface area contributed by atoms with Crippen LogP contribution in [0, 0.1) is 19.3 Å². The number of benzene rings is 2. The molecule has 0 aliphatic rings. The lowest BCUT2D eigenvalue weighted by molar-refractivity contribution is 0.0657. The monoisotopic (exact) mass is 496 g/mol. The van der Waals surface area contributed by atoms with Gasteiger partial charge in [-0.3, -0.25) is 0 Å². The zero-order chi connectivity index (χ0) is 26.8. The Morgan fingerprint density at radius 2 is 1.34 bits per heavy atom. The van der Waals surface area contributed by atoms with E-state index in [1.165, 1.54) is 22.3 Å². The lowest BCUT2D eigenvalue weighted by Gasteiger charge is -2.43. The van der Waals surface area contributed by atoms with Gasteiger partial charge < -0.3 is 9.53 Å². The maximum Gasteiger partial charge on any atom is 0.192 e. The average molecular weight is 497 g/mol. The van der Waals surface area contributed by atoms with E-state index in [0.717, 1.165) is 31.2 Å². The van der Waals surface area contributed by atoms with Gasteiger partial charge in [0.2, 0.25) is 0 Å². The van der Waals surface area contributed by atoms with Crippen LogP contribution in [0.5, 0.6) is 5.75 Å². The Morgan fingerprint density at radius 1 is 0.829 bits per heavy atom. The molecule has 0 radical (unpaired) electrons. The Bertz CT molecular complexity index is 988. The van der Waals surface area contributed by atoms with Gasteiger partial charge in [-0.05, 0) is 97.0 Å². The van der Waals surface area contributed by atoms with Crippen LogP contribution in [-0.4, -0.2) is 19.5 Å². The minimum atomic E-state index is -1.84. The molecule has 0 bridgehead atoms. The van der Waals surface area contributed by atoms with Gasteiger partial charge >= 0.3 is 0 Å². The minimum absolute atomic E-state index is 0.0405. The van der Waals surface area contributed by atoms with Gasteiger partial charge in [-0.2, -0.15) is 0 Å². The second-order valence-electron chi connectivity index (χ2n) is 13.2. The summed E-state index contributed by atoms with van der Waals surface area (Å²) >= 11 is 0. The van der Waals surface area contributed by atoms with Crippen molar-refractivity contribution in [3.05, 3.63) is 64.2 Å². The van der Waals surface area contributed by atoms with E-state index in [2.05, 4.69) is 106 Å². The maximum absolute atomic E-state index is 10.1. The Morgan fingerprint density at radius 3 is 1.77 bits per heavy atom. The average Bonchev–Trinajstić information content (AvgIpc) is 2.74. The predicted octanol–water partition coefficient (Wildman–Crippen LogP) is 9.48. The van der Waals surface area contributed by atoms with E-state index in [4.69, 9.17) is 4.43 Å². The molecule has 0 saturated heterocycles. The number of hydrogen-bond donors (Lipinski definition) is 1. The van der Waals surface area contributed by atoms with Crippen molar-refractivity contribution in [2.24, 2.45) is 5.41 Å². The van der Waals surface area contributed by atoms with E-state index in [1.807, 2.05) is 13.0 Å². The van der Waals surface area contributed by atoms with Crippen molar-refractivity contribution in [3.8, 4) is 5.75 Å². The molecule has 1 unspecified atom stereocenters. The van der Waals surface area contributed by atoms with E-state index in [0.29, 0.717) is 5.75 Å². The number of rotatable bonds is 9. The highest BCUT2D eigenvalue weighted by Gasteiger charge is 2.41. The molecule has 1 N–H and O–H groups in total. The molecule has 0 amide bonds. The first-order chi connectivity index (χ1) is 16.0. The summed E-state index contributed by atoms with van der Waals surface area (Å²) in [4.78, 5) is 0. The lowest BCUT2D eigenvalue weighted by Crippen LogP contribution is -2.47. The van der Waals surface area contributed by atoms with Gasteiger partial charge in [-0.15, -0.1) is 0 Å². The summed E-state index contributed by atoms with van der Waals surface area (Å²) in [5, 5.41) is 10.3. The number of aryl methyl sites for hydroxylation is 3. The molecule has 3 heteroatoms. The van der Waals surface area contributed by atoms with Crippen LogP contribution in [-0.2, 0) is 16.3 Å². The molecule has 2 nitrogen and oxygen atoms in total. The molecular formula is C32H52O2Si. The van der Waals surface area contributed by atoms with Crippen LogP contribution >= 0.6 is 0 Å². The van der Waals surface area contributed by atoms with Crippen LogP contribution in [0.3, 0.4) is 0 Å². The smallest absolute Gasteiger partial charge is 0.192 e. The van der Waals surface area contributed by atoms with E-state index >= 15 is 0 Å². The third kappa shape index (κ3) is 6.60. The van der Waals surface area contributed by atoms with Gasteiger partial charge in [0, 0.05) is 5.41 Å². The van der Waals surface area contributed by atoms with Crippen LogP contribution in [0.15, 0.2) is 36.4 Å². The highest BCUT2D eigenvalue weighted by molar-refractivity contribution is 6.74. The SMILES string of the molecule is CCC(CC)(c1ccc(O)c(C)c1)c1ccc(CCC(O[Si](C)(C)C(C)(C)C)C(C)(C)C)c(C)c1. The Hall–Kier alpha value is -1.58. The second kappa shape index (κ2) is 10.8. The van der Waals surface area contributed by atoms with Crippen LogP contribution in [0.2, 0.25) is 18.1 Å². The number of phenolic OH excluding ortho intramolecular Hbond substituents is 1. The van der Waals surface area contributed by atoms with Crippen LogP contribution in [0.1, 0.15) is 102 Å². The topological polar surface area (TPSA) is 29.5 Å². The predicted molar refractivity (Wildman–Crippen MR) is 155 cm³/mol. The van der Waals surface area contributed by atoms with Gasteiger partial charge in [0.05, 0.1) is 6.10 Å². The molecule has 0 aliphatic carbocycles. The highest BCUT2D eigenvalue weighted by Crippen LogP contribution is 2.42. The van der Waals surface area contributed by atoms with E-state index in [9.17, 15) is 5.11 Å². The van der Waals surface area contributed by atoms with E-state index in [-0.39, 0.29) is 22.0 Å². The number of hydrogen-bond acceptors (Lipinski definition) is 2. The van der Waals surface area contributed by atoms with Crippen molar-refractivity contribution in [2.45, 2.75) is 125 Å². The first-order valence-electron chi connectivity index (χ1n) is 13.6. The summed E-state index contributed by atoms with van der Waals surface area (Å²) in [5.41, 5.74) is 6.46. The lowest BCUT2D eigenvalue weighted by atomic mass is 9.69. The molecule has 0 heterocycles. The molecule has 1 atom stereocenters.